The van der Waals surface area contributed by atoms with Gasteiger partial charge in [0.25, 0.3) is 5.91 Å². The van der Waals surface area contributed by atoms with Crippen molar-refractivity contribution in [1.29, 1.82) is 0 Å². The Morgan fingerprint density at radius 3 is 2.74 bits per heavy atom. The van der Waals surface area contributed by atoms with Crippen LogP contribution < -0.4 is 5.32 Å². The number of carbonyl (C=O) groups excluding carboxylic acids is 2. The largest absolute Gasteiger partial charge is 0.465 e. The number of nitrogens with zero attached hydrogens (tertiary/aromatic N) is 3. The molecule has 1 aromatic carbocycles. The number of esters is 1. The number of pyridine rings is 1. The molecule has 0 bridgehead atoms. The van der Waals surface area contributed by atoms with Crippen LogP contribution in [-0.2, 0) is 9.47 Å². The van der Waals surface area contributed by atoms with Gasteiger partial charge in [-0.15, -0.1) is 0 Å². The van der Waals surface area contributed by atoms with E-state index in [4.69, 9.17) is 9.47 Å². The zero-order chi connectivity index (χ0) is 21.6. The quantitative estimate of drug-likeness (QED) is 0.562. The maximum atomic E-state index is 12.9. The molecule has 160 valence electrons. The van der Waals surface area contributed by atoms with Crippen LogP contribution in [-0.4, -0.2) is 60.2 Å². The minimum Gasteiger partial charge on any atom is -0.465 e. The number of aromatic nitrogens is 2. The third-order valence-electron chi connectivity index (χ3n) is 4.53. The van der Waals surface area contributed by atoms with Crippen LogP contribution in [0.4, 0.5) is 10.9 Å². The van der Waals surface area contributed by atoms with Crippen molar-refractivity contribution in [1.82, 2.24) is 14.9 Å². The molecule has 0 unspecified atom stereocenters. The van der Waals surface area contributed by atoms with Crippen LogP contribution in [0.1, 0.15) is 20.7 Å². The fraction of sp³-hybridized carbons (Fsp3) is 0.238. The summed E-state index contributed by atoms with van der Waals surface area (Å²) in [5, 5.41) is 3.87. The lowest BCUT2D eigenvalue weighted by atomic mass is 10.1. The van der Waals surface area contributed by atoms with Gasteiger partial charge >= 0.3 is 5.97 Å². The van der Waals surface area contributed by atoms with Gasteiger partial charge in [-0.2, -0.15) is 0 Å². The van der Waals surface area contributed by atoms with Gasteiger partial charge in [-0.1, -0.05) is 29.2 Å². The van der Waals surface area contributed by atoms with Gasteiger partial charge in [0.1, 0.15) is 5.82 Å². The van der Waals surface area contributed by atoms with Crippen LogP contribution >= 0.6 is 23.1 Å². The Hall–Kier alpha value is -2.95. The van der Waals surface area contributed by atoms with Crippen LogP contribution in [0.15, 0.2) is 57.9 Å². The molecule has 0 aliphatic carbocycles. The maximum absolute atomic E-state index is 12.9. The number of nitrogens with one attached hydrogen (secondary N) is 1. The number of anilines is 2. The van der Waals surface area contributed by atoms with E-state index in [1.54, 1.807) is 29.4 Å². The van der Waals surface area contributed by atoms with Crippen molar-refractivity contribution in [2.45, 2.75) is 9.10 Å². The van der Waals surface area contributed by atoms with Crippen molar-refractivity contribution in [3.63, 3.8) is 0 Å². The molecule has 0 atom stereocenters. The van der Waals surface area contributed by atoms with Crippen LogP contribution in [0.5, 0.6) is 0 Å². The van der Waals surface area contributed by atoms with E-state index < -0.39 is 5.97 Å². The Kier molecular flexibility index (Phi) is 6.80. The van der Waals surface area contributed by atoms with Crippen molar-refractivity contribution in [3.8, 4) is 0 Å². The first-order valence-corrected chi connectivity index (χ1v) is 11.2. The second kappa shape index (κ2) is 9.90. The lowest BCUT2D eigenvalue weighted by Gasteiger charge is -2.27. The molecule has 1 saturated heterocycles. The van der Waals surface area contributed by atoms with Gasteiger partial charge in [0.05, 0.1) is 41.9 Å². The van der Waals surface area contributed by atoms with E-state index in [9.17, 15) is 9.59 Å². The average Bonchev–Trinajstić information content (AvgIpc) is 3.25. The van der Waals surface area contributed by atoms with Crippen LogP contribution in [0, 0.1) is 0 Å². The second-order valence-electron chi connectivity index (χ2n) is 6.53. The standard InChI is InChI=1S/C21H20N4O4S2/c1-28-20(27)16-12-14(5-6-15(16)19(26)25-8-10-29-11-9-25)30-18-13-23-21(31-18)24-17-4-2-3-7-22-17/h2-7,12-13H,8-11H2,1H3,(H,22,23,24). The Morgan fingerprint density at radius 1 is 1.16 bits per heavy atom. The number of thiazole rings is 1. The molecule has 1 fully saturated rings. The molecule has 1 amide bonds. The summed E-state index contributed by atoms with van der Waals surface area (Å²) in [6.45, 7) is 1.99. The van der Waals surface area contributed by atoms with Gasteiger partial charge < -0.3 is 19.7 Å². The lowest BCUT2D eigenvalue weighted by molar-refractivity contribution is 0.0299. The van der Waals surface area contributed by atoms with Crippen molar-refractivity contribution < 1.29 is 19.1 Å². The molecule has 1 aliphatic heterocycles. The number of ether oxygens (including phenoxy) is 2. The van der Waals surface area contributed by atoms with Crippen LogP contribution in [0.2, 0.25) is 0 Å². The van der Waals surface area contributed by atoms with Gasteiger partial charge in [0.2, 0.25) is 0 Å². The molecule has 31 heavy (non-hydrogen) atoms. The van der Waals surface area contributed by atoms with Crippen LogP contribution in [0.3, 0.4) is 0 Å². The first kappa shape index (κ1) is 21.3. The monoisotopic (exact) mass is 456 g/mol. The first-order valence-electron chi connectivity index (χ1n) is 9.55. The Labute approximate surface area is 187 Å². The highest BCUT2D eigenvalue weighted by Gasteiger charge is 2.24. The molecule has 2 aromatic heterocycles. The number of benzene rings is 1. The fourth-order valence-corrected chi connectivity index (χ4v) is 4.92. The Morgan fingerprint density at radius 2 is 2.00 bits per heavy atom. The van der Waals surface area contributed by atoms with Gasteiger partial charge in [-0.25, -0.2) is 14.8 Å². The highest BCUT2D eigenvalue weighted by molar-refractivity contribution is 8.01. The lowest BCUT2D eigenvalue weighted by Crippen LogP contribution is -2.41. The molecule has 1 N–H and O–H groups in total. The van der Waals surface area contributed by atoms with E-state index in [0.29, 0.717) is 42.8 Å². The molecule has 0 radical (unpaired) electrons. The highest BCUT2D eigenvalue weighted by atomic mass is 32.2. The van der Waals surface area contributed by atoms with E-state index in [-0.39, 0.29) is 11.5 Å². The van der Waals surface area contributed by atoms with Gasteiger partial charge in [-0.3, -0.25) is 4.79 Å². The average molecular weight is 457 g/mol. The molecule has 8 nitrogen and oxygen atoms in total. The molecule has 0 saturated carbocycles. The molecule has 3 aromatic rings. The van der Waals surface area contributed by atoms with Crippen molar-refractivity contribution in [2.24, 2.45) is 0 Å². The summed E-state index contributed by atoms with van der Waals surface area (Å²) in [6.07, 6.45) is 3.46. The summed E-state index contributed by atoms with van der Waals surface area (Å²) in [4.78, 5) is 36.4. The second-order valence-corrected chi connectivity index (χ2v) is 8.93. The summed E-state index contributed by atoms with van der Waals surface area (Å²) in [5.41, 5.74) is 0.584. The zero-order valence-electron chi connectivity index (χ0n) is 16.7. The van der Waals surface area contributed by atoms with E-state index >= 15 is 0 Å². The summed E-state index contributed by atoms with van der Waals surface area (Å²) in [6, 6.07) is 10.8. The smallest absolute Gasteiger partial charge is 0.338 e. The summed E-state index contributed by atoms with van der Waals surface area (Å²) < 4.78 is 11.2. The SMILES string of the molecule is COC(=O)c1cc(Sc2cnc(Nc3ccccn3)s2)ccc1C(=O)N1CCOCC1. The van der Waals surface area contributed by atoms with Gasteiger partial charge in [0, 0.05) is 24.2 Å². The van der Waals surface area contributed by atoms with Crippen molar-refractivity contribution in [2.75, 3.05) is 38.7 Å². The topological polar surface area (TPSA) is 93.7 Å². The van der Waals surface area contributed by atoms with Crippen LogP contribution in [0.25, 0.3) is 0 Å². The van der Waals surface area contributed by atoms with E-state index in [1.165, 1.54) is 30.2 Å². The predicted octanol–water partition coefficient (Wildman–Crippen LogP) is 3.69. The summed E-state index contributed by atoms with van der Waals surface area (Å²) >= 11 is 2.93. The van der Waals surface area contributed by atoms with Crippen molar-refractivity contribution in [3.05, 3.63) is 59.9 Å². The molecule has 4 rings (SSSR count). The van der Waals surface area contributed by atoms with E-state index in [0.717, 1.165) is 9.10 Å². The third-order valence-corrected chi connectivity index (χ3v) is 6.53. The number of carbonyl (C=O) groups is 2. The minimum absolute atomic E-state index is 0.195. The number of morpholine rings is 1. The predicted molar refractivity (Wildman–Crippen MR) is 118 cm³/mol. The third kappa shape index (κ3) is 5.22. The fourth-order valence-electron chi connectivity index (χ4n) is 3.02. The van der Waals surface area contributed by atoms with Gasteiger partial charge in [-0.05, 0) is 30.3 Å². The maximum Gasteiger partial charge on any atom is 0.338 e. The number of methoxy groups -OCH3 is 1. The molecular weight excluding hydrogens is 436 g/mol. The normalized spacial score (nSPS) is 13.6. The Balaban J connectivity index is 1.52. The number of hydrogen-bond acceptors (Lipinski definition) is 9. The van der Waals surface area contributed by atoms with Gasteiger partial charge in [0.15, 0.2) is 5.13 Å². The molecule has 10 heteroatoms. The molecule has 0 spiro atoms. The van der Waals surface area contributed by atoms with E-state index in [1.807, 2.05) is 24.3 Å². The highest BCUT2D eigenvalue weighted by Crippen LogP contribution is 2.35. The zero-order valence-corrected chi connectivity index (χ0v) is 18.4. The van der Waals surface area contributed by atoms with E-state index in [2.05, 4.69) is 15.3 Å². The minimum atomic E-state index is -0.541. The molecule has 1 aliphatic rings. The molecule has 3 heterocycles. The Bertz CT molecular complexity index is 1070. The number of rotatable bonds is 6. The first-order chi connectivity index (χ1) is 15.1. The van der Waals surface area contributed by atoms with Crippen molar-refractivity contribution >= 4 is 45.9 Å². The summed E-state index contributed by atoms with van der Waals surface area (Å²) in [7, 11) is 1.31. The molecular formula is C21H20N4O4S2. The summed E-state index contributed by atoms with van der Waals surface area (Å²) in [5.74, 6) is -0.0203. The number of hydrogen-bond donors (Lipinski definition) is 1. The number of amides is 1.